The van der Waals surface area contributed by atoms with Crippen molar-refractivity contribution in [3.05, 3.63) is 47.8 Å². The van der Waals surface area contributed by atoms with Crippen molar-refractivity contribution in [2.24, 2.45) is 0 Å². The van der Waals surface area contributed by atoms with Crippen LogP contribution in [0.15, 0.2) is 36.4 Å². The summed E-state index contributed by atoms with van der Waals surface area (Å²) in [6.07, 6.45) is 12.6. The van der Waals surface area contributed by atoms with Gasteiger partial charge in [0.05, 0.1) is 5.56 Å². The number of esters is 1. The Labute approximate surface area is 127 Å². The molecule has 0 N–H and O–H groups in total. The molecule has 3 heteroatoms. The predicted octanol–water partition coefficient (Wildman–Crippen LogP) is 5.29. The second-order valence-corrected chi connectivity index (χ2v) is 5.14. The van der Waals surface area contributed by atoms with E-state index in [4.69, 9.17) is 4.74 Å². The second kappa shape index (κ2) is 11.1. The zero-order valence-electron chi connectivity index (χ0n) is 12.8. The van der Waals surface area contributed by atoms with Gasteiger partial charge in [0.15, 0.2) is 0 Å². The number of unbranched alkanes of at least 4 members (excludes halogenated alkanes) is 6. The van der Waals surface area contributed by atoms with E-state index in [0.717, 1.165) is 6.42 Å². The van der Waals surface area contributed by atoms with E-state index in [1.54, 1.807) is 6.07 Å². The third-order valence-electron chi connectivity index (χ3n) is 3.26. The van der Waals surface area contributed by atoms with Crippen LogP contribution in [-0.4, -0.2) is 12.6 Å². The third kappa shape index (κ3) is 8.28. The van der Waals surface area contributed by atoms with Gasteiger partial charge in [-0.25, -0.2) is 9.18 Å². The maximum Gasteiger partial charge on any atom is 0.338 e. The van der Waals surface area contributed by atoms with E-state index in [1.165, 1.54) is 56.7 Å². The average Bonchev–Trinajstić information content (AvgIpc) is 2.49. The molecule has 0 bridgehead atoms. The monoisotopic (exact) mass is 292 g/mol. The molecule has 0 heterocycles. The van der Waals surface area contributed by atoms with E-state index in [9.17, 15) is 9.18 Å². The molecule has 0 amide bonds. The van der Waals surface area contributed by atoms with E-state index < -0.39 is 11.8 Å². The molecule has 0 aliphatic rings. The lowest BCUT2D eigenvalue weighted by Gasteiger charge is -2.01. The summed E-state index contributed by atoms with van der Waals surface area (Å²) >= 11 is 0. The van der Waals surface area contributed by atoms with Crippen molar-refractivity contribution >= 4 is 5.97 Å². The first kappa shape index (κ1) is 17.4. The zero-order valence-corrected chi connectivity index (χ0v) is 12.8. The number of allylic oxidation sites excluding steroid dienone is 1. The van der Waals surface area contributed by atoms with Crippen LogP contribution < -0.4 is 0 Å². The highest BCUT2D eigenvalue weighted by Crippen LogP contribution is 2.07. The van der Waals surface area contributed by atoms with Gasteiger partial charge in [0.2, 0.25) is 0 Å². The first-order valence-electron chi connectivity index (χ1n) is 7.81. The van der Waals surface area contributed by atoms with Gasteiger partial charge in [0.1, 0.15) is 12.4 Å². The summed E-state index contributed by atoms with van der Waals surface area (Å²) in [6.45, 7) is 2.46. The Morgan fingerprint density at radius 1 is 1.14 bits per heavy atom. The van der Waals surface area contributed by atoms with E-state index in [2.05, 4.69) is 6.92 Å². The predicted molar refractivity (Wildman–Crippen MR) is 83.8 cm³/mol. The second-order valence-electron chi connectivity index (χ2n) is 5.14. The van der Waals surface area contributed by atoms with E-state index in [0.29, 0.717) is 0 Å². The SMILES string of the molecule is CCCCCCCC/C=C/COC(=O)c1cccc(F)c1. The Balaban J connectivity index is 2.07. The van der Waals surface area contributed by atoms with Crippen LogP contribution in [0.25, 0.3) is 0 Å². The average molecular weight is 292 g/mol. The first-order chi connectivity index (χ1) is 10.2. The highest BCUT2D eigenvalue weighted by Gasteiger charge is 2.06. The van der Waals surface area contributed by atoms with Gasteiger partial charge >= 0.3 is 5.97 Å². The molecule has 0 unspecified atom stereocenters. The molecule has 0 saturated carbocycles. The summed E-state index contributed by atoms with van der Waals surface area (Å²) in [5.74, 6) is -0.915. The molecule has 0 aromatic heterocycles. The summed E-state index contributed by atoms with van der Waals surface area (Å²) in [4.78, 5) is 11.6. The highest BCUT2D eigenvalue weighted by atomic mass is 19.1. The topological polar surface area (TPSA) is 26.3 Å². The number of halogens is 1. The van der Waals surface area contributed by atoms with Gasteiger partial charge in [0, 0.05) is 0 Å². The van der Waals surface area contributed by atoms with Gasteiger partial charge in [-0.15, -0.1) is 0 Å². The number of ether oxygens (including phenoxy) is 1. The summed E-state index contributed by atoms with van der Waals surface area (Å²) in [5, 5.41) is 0. The van der Waals surface area contributed by atoms with Crippen molar-refractivity contribution in [3.63, 3.8) is 0 Å². The Morgan fingerprint density at radius 2 is 1.90 bits per heavy atom. The fraction of sp³-hybridized carbons (Fsp3) is 0.500. The van der Waals surface area contributed by atoms with Crippen LogP contribution in [0.4, 0.5) is 4.39 Å². The maximum atomic E-state index is 12.9. The van der Waals surface area contributed by atoms with Crippen LogP contribution in [0.1, 0.15) is 62.2 Å². The Bertz CT molecular complexity index is 441. The van der Waals surface area contributed by atoms with Gasteiger partial charge < -0.3 is 4.74 Å². The van der Waals surface area contributed by atoms with Crippen LogP contribution in [-0.2, 0) is 4.74 Å². The first-order valence-corrected chi connectivity index (χ1v) is 7.81. The van der Waals surface area contributed by atoms with Crippen LogP contribution in [0.5, 0.6) is 0 Å². The van der Waals surface area contributed by atoms with Gasteiger partial charge in [-0.3, -0.25) is 0 Å². The van der Waals surface area contributed by atoms with Crippen LogP contribution in [0.2, 0.25) is 0 Å². The highest BCUT2D eigenvalue weighted by molar-refractivity contribution is 5.89. The molecule has 0 saturated heterocycles. The minimum absolute atomic E-state index is 0.241. The number of carbonyl (C=O) groups is 1. The molecule has 1 rings (SSSR count). The Hall–Kier alpha value is -1.64. The minimum Gasteiger partial charge on any atom is -0.458 e. The molecule has 0 aliphatic carbocycles. The van der Waals surface area contributed by atoms with Crippen molar-refractivity contribution in [2.75, 3.05) is 6.61 Å². The summed E-state index contributed by atoms with van der Waals surface area (Å²) < 4.78 is 18.0. The van der Waals surface area contributed by atoms with Crippen molar-refractivity contribution in [2.45, 2.75) is 51.9 Å². The zero-order chi connectivity index (χ0) is 15.3. The summed E-state index contributed by atoms with van der Waals surface area (Å²) in [6, 6.07) is 5.53. The van der Waals surface area contributed by atoms with Gasteiger partial charge in [-0.1, -0.05) is 57.2 Å². The van der Waals surface area contributed by atoms with Crippen LogP contribution >= 0.6 is 0 Å². The molecule has 2 nitrogen and oxygen atoms in total. The van der Waals surface area contributed by atoms with Crippen molar-refractivity contribution in [3.8, 4) is 0 Å². The van der Waals surface area contributed by atoms with Gasteiger partial charge in [0.25, 0.3) is 0 Å². The quantitative estimate of drug-likeness (QED) is 0.333. The van der Waals surface area contributed by atoms with E-state index >= 15 is 0 Å². The van der Waals surface area contributed by atoms with Crippen molar-refractivity contribution < 1.29 is 13.9 Å². The molecule has 116 valence electrons. The summed E-state index contributed by atoms with van der Waals surface area (Å²) in [5.41, 5.74) is 0.249. The molecule has 0 spiro atoms. The summed E-state index contributed by atoms with van der Waals surface area (Å²) in [7, 11) is 0. The molecule has 0 radical (unpaired) electrons. The molecule has 0 atom stereocenters. The number of hydrogen-bond acceptors (Lipinski definition) is 2. The minimum atomic E-state index is -0.487. The Kier molecular flexibility index (Phi) is 9.18. The largest absolute Gasteiger partial charge is 0.458 e. The fourth-order valence-corrected chi connectivity index (χ4v) is 2.05. The van der Waals surface area contributed by atoms with Gasteiger partial charge in [-0.2, -0.15) is 0 Å². The number of rotatable bonds is 10. The van der Waals surface area contributed by atoms with Crippen LogP contribution in [0.3, 0.4) is 0 Å². The molecule has 1 aromatic rings. The van der Waals surface area contributed by atoms with E-state index in [-0.39, 0.29) is 12.2 Å². The van der Waals surface area contributed by atoms with Gasteiger partial charge in [-0.05, 0) is 31.0 Å². The fourth-order valence-electron chi connectivity index (χ4n) is 2.05. The standard InChI is InChI=1S/C18H25FO2/c1-2-3-4-5-6-7-8-9-10-14-21-18(20)16-12-11-13-17(19)15-16/h9-13,15H,2-8,14H2,1H3/b10-9+. The molecule has 0 fully saturated rings. The number of hydrogen-bond donors (Lipinski definition) is 0. The number of benzene rings is 1. The maximum absolute atomic E-state index is 12.9. The number of carbonyl (C=O) groups excluding carboxylic acids is 1. The van der Waals surface area contributed by atoms with E-state index in [1.807, 2.05) is 12.2 Å². The lowest BCUT2D eigenvalue weighted by Crippen LogP contribution is -2.05. The molecular formula is C18H25FO2. The van der Waals surface area contributed by atoms with Crippen LogP contribution in [0, 0.1) is 5.82 Å². The van der Waals surface area contributed by atoms with Crippen molar-refractivity contribution in [1.82, 2.24) is 0 Å². The Morgan fingerprint density at radius 3 is 2.67 bits per heavy atom. The smallest absolute Gasteiger partial charge is 0.338 e. The normalized spacial score (nSPS) is 11.0. The molecule has 1 aromatic carbocycles. The third-order valence-corrected chi connectivity index (χ3v) is 3.26. The lowest BCUT2D eigenvalue weighted by atomic mass is 10.1. The molecule has 21 heavy (non-hydrogen) atoms. The molecule has 0 aliphatic heterocycles. The molecular weight excluding hydrogens is 267 g/mol. The van der Waals surface area contributed by atoms with Crippen molar-refractivity contribution in [1.29, 1.82) is 0 Å². The lowest BCUT2D eigenvalue weighted by molar-refractivity contribution is 0.0548.